The van der Waals surface area contributed by atoms with Gasteiger partial charge in [-0.15, -0.1) is 0 Å². The number of amides is 1. The highest BCUT2D eigenvalue weighted by Crippen LogP contribution is 2.30. The summed E-state index contributed by atoms with van der Waals surface area (Å²) in [4.78, 5) is 19.5. The van der Waals surface area contributed by atoms with E-state index in [1.165, 1.54) is 19.3 Å². The molecule has 0 spiro atoms. The van der Waals surface area contributed by atoms with Gasteiger partial charge in [0.05, 0.1) is 5.69 Å². The highest BCUT2D eigenvalue weighted by atomic mass is 35.5. The van der Waals surface area contributed by atoms with E-state index in [4.69, 9.17) is 16.6 Å². The van der Waals surface area contributed by atoms with Crippen molar-refractivity contribution >= 4 is 40.1 Å². The van der Waals surface area contributed by atoms with Crippen molar-refractivity contribution in [1.82, 2.24) is 4.90 Å². The third-order valence-electron chi connectivity index (χ3n) is 4.59. The Labute approximate surface area is 147 Å². The highest BCUT2D eigenvalue weighted by molar-refractivity contribution is 8.13. The molecule has 1 aromatic carbocycles. The molecule has 0 radical (unpaired) electrons. The van der Waals surface area contributed by atoms with Crippen molar-refractivity contribution in [2.75, 3.05) is 12.3 Å². The van der Waals surface area contributed by atoms with Gasteiger partial charge < -0.3 is 0 Å². The summed E-state index contributed by atoms with van der Waals surface area (Å²) < 4.78 is 0. The summed E-state index contributed by atoms with van der Waals surface area (Å²) in [5.41, 5.74) is 1.87. The van der Waals surface area contributed by atoms with Crippen LogP contribution in [0.2, 0.25) is 5.02 Å². The molecule has 1 amide bonds. The first-order valence-electron chi connectivity index (χ1n) is 8.44. The molecule has 1 aliphatic carbocycles. The molecule has 23 heavy (non-hydrogen) atoms. The number of rotatable bonds is 2. The van der Waals surface area contributed by atoms with Gasteiger partial charge in [0.1, 0.15) is 0 Å². The van der Waals surface area contributed by atoms with Gasteiger partial charge in [-0.3, -0.25) is 9.69 Å². The molecule has 5 heteroatoms. The topological polar surface area (TPSA) is 32.7 Å². The van der Waals surface area contributed by atoms with Gasteiger partial charge >= 0.3 is 0 Å². The monoisotopic (exact) mass is 350 g/mol. The van der Waals surface area contributed by atoms with E-state index in [0.29, 0.717) is 0 Å². The van der Waals surface area contributed by atoms with Crippen molar-refractivity contribution in [3.05, 3.63) is 28.8 Å². The van der Waals surface area contributed by atoms with Crippen molar-refractivity contribution in [2.24, 2.45) is 10.9 Å². The summed E-state index contributed by atoms with van der Waals surface area (Å²) in [5, 5.41) is 1.56. The van der Waals surface area contributed by atoms with Crippen molar-refractivity contribution in [2.45, 2.75) is 45.4 Å². The molecule has 3 nitrogen and oxygen atoms in total. The van der Waals surface area contributed by atoms with E-state index in [9.17, 15) is 4.79 Å². The number of halogens is 1. The average molecular weight is 351 g/mol. The van der Waals surface area contributed by atoms with Crippen molar-refractivity contribution < 1.29 is 4.79 Å². The standard InChI is InChI=1S/C18H23ClN2OS/c1-13-8-9-15(12-16(13)19)20-18-21(10-5-11-23-18)17(22)14-6-3-2-4-7-14/h8-9,12,14H,2-7,10-11H2,1H3. The first-order chi connectivity index (χ1) is 11.1. The minimum atomic E-state index is 0.189. The van der Waals surface area contributed by atoms with Crippen LogP contribution in [0.1, 0.15) is 44.1 Å². The second kappa shape index (κ2) is 7.71. The Hall–Kier alpha value is -1.00. The largest absolute Gasteiger partial charge is 0.291 e. The van der Waals surface area contributed by atoms with Crippen LogP contribution < -0.4 is 0 Å². The highest BCUT2D eigenvalue weighted by Gasteiger charge is 2.30. The van der Waals surface area contributed by atoms with Crippen molar-refractivity contribution in [1.29, 1.82) is 0 Å². The van der Waals surface area contributed by atoms with Crippen LogP contribution in [0, 0.1) is 12.8 Å². The third-order valence-corrected chi connectivity index (χ3v) is 6.06. The van der Waals surface area contributed by atoms with Crippen LogP contribution in [0.25, 0.3) is 0 Å². The summed E-state index contributed by atoms with van der Waals surface area (Å²) in [7, 11) is 0. The second-order valence-corrected chi connectivity index (χ2v) is 7.82. The number of hydrogen-bond acceptors (Lipinski definition) is 3. The fraction of sp³-hybridized carbons (Fsp3) is 0.556. The Morgan fingerprint density at radius 3 is 2.78 bits per heavy atom. The van der Waals surface area contributed by atoms with Gasteiger partial charge in [0.25, 0.3) is 0 Å². The summed E-state index contributed by atoms with van der Waals surface area (Å²) in [6.45, 7) is 2.77. The molecule has 0 bridgehead atoms. The number of benzene rings is 1. The molecule has 1 aliphatic heterocycles. The number of carbonyl (C=O) groups excluding carboxylic acids is 1. The van der Waals surface area contributed by atoms with Gasteiger partial charge in [0, 0.05) is 23.2 Å². The number of aryl methyl sites for hydroxylation is 1. The van der Waals surface area contributed by atoms with E-state index >= 15 is 0 Å². The van der Waals surface area contributed by atoms with Crippen LogP contribution in [0.4, 0.5) is 5.69 Å². The number of nitrogens with zero attached hydrogens (tertiary/aromatic N) is 2. The smallest absolute Gasteiger partial charge is 0.231 e. The zero-order valence-corrected chi connectivity index (χ0v) is 15.1. The van der Waals surface area contributed by atoms with E-state index in [2.05, 4.69) is 0 Å². The summed E-state index contributed by atoms with van der Waals surface area (Å²) >= 11 is 7.88. The summed E-state index contributed by atoms with van der Waals surface area (Å²) in [5.74, 6) is 1.48. The second-order valence-electron chi connectivity index (χ2n) is 6.35. The fourth-order valence-electron chi connectivity index (χ4n) is 3.19. The molecular weight excluding hydrogens is 328 g/mol. The summed E-state index contributed by atoms with van der Waals surface area (Å²) in [6, 6.07) is 5.82. The van der Waals surface area contributed by atoms with Gasteiger partial charge in [-0.2, -0.15) is 0 Å². The average Bonchev–Trinajstić information content (AvgIpc) is 2.59. The Balaban J connectivity index is 1.81. The molecule has 0 N–H and O–H groups in total. The molecule has 1 saturated carbocycles. The normalized spacial score (nSPS) is 21.7. The van der Waals surface area contributed by atoms with Crippen LogP contribution in [0.5, 0.6) is 0 Å². The lowest BCUT2D eigenvalue weighted by Crippen LogP contribution is -2.43. The lowest BCUT2D eigenvalue weighted by Gasteiger charge is -2.32. The van der Waals surface area contributed by atoms with Gasteiger partial charge in [-0.25, -0.2) is 4.99 Å². The van der Waals surface area contributed by atoms with Gasteiger partial charge in [0.15, 0.2) is 5.17 Å². The SMILES string of the molecule is Cc1ccc(N=C2SCCCN2C(=O)C2CCCCC2)cc1Cl. The van der Waals surface area contributed by atoms with Crippen LogP contribution in [-0.4, -0.2) is 28.3 Å². The maximum Gasteiger partial charge on any atom is 0.231 e. The van der Waals surface area contributed by atoms with E-state index in [-0.39, 0.29) is 11.8 Å². The fourth-order valence-corrected chi connectivity index (χ4v) is 4.33. The molecule has 0 atom stereocenters. The molecule has 1 saturated heterocycles. The van der Waals surface area contributed by atoms with Crippen molar-refractivity contribution in [3.63, 3.8) is 0 Å². The molecule has 0 unspecified atom stereocenters. The third kappa shape index (κ3) is 4.10. The van der Waals surface area contributed by atoms with Gasteiger partial charge in [0.2, 0.25) is 5.91 Å². The van der Waals surface area contributed by atoms with Crippen LogP contribution in [0.3, 0.4) is 0 Å². The molecule has 1 heterocycles. The molecule has 0 aromatic heterocycles. The summed E-state index contributed by atoms with van der Waals surface area (Å²) in [6.07, 6.45) is 6.72. The first-order valence-corrected chi connectivity index (χ1v) is 9.80. The van der Waals surface area contributed by atoms with E-state index < -0.39 is 0 Å². The maximum absolute atomic E-state index is 12.9. The van der Waals surface area contributed by atoms with Crippen LogP contribution in [0.15, 0.2) is 23.2 Å². The lowest BCUT2D eigenvalue weighted by atomic mass is 9.88. The lowest BCUT2D eigenvalue weighted by molar-refractivity contribution is -0.132. The van der Waals surface area contributed by atoms with E-state index in [1.54, 1.807) is 11.8 Å². The number of aliphatic imine (C=N–C) groups is 1. The Morgan fingerprint density at radius 1 is 1.26 bits per heavy atom. The Bertz CT molecular complexity index is 611. The predicted molar refractivity (Wildman–Crippen MR) is 98.6 cm³/mol. The number of amidine groups is 1. The van der Waals surface area contributed by atoms with Crippen molar-refractivity contribution in [3.8, 4) is 0 Å². The minimum Gasteiger partial charge on any atom is -0.291 e. The van der Waals surface area contributed by atoms with Crippen LogP contribution in [-0.2, 0) is 4.79 Å². The molecule has 2 aliphatic rings. The molecular formula is C18H23ClN2OS. The predicted octanol–water partition coefficient (Wildman–Crippen LogP) is 5.18. The zero-order valence-electron chi connectivity index (χ0n) is 13.6. The van der Waals surface area contributed by atoms with Gasteiger partial charge in [-0.1, -0.05) is 48.7 Å². The van der Waals surface area contributed by atoms with Gasteiger partial charge in [-0.05, 0) is 43.9 Å². The van der Waals surface area contributed by atoms with Crippen LogP contribution >= 0.6 is 23.4 Å². The Morgan fingerprint density at radius 2 is 2.04 bits per heavy atom. The quantitative estimate of drug-likeness (QED) is 0.736. The first kappa shape index (κ1) is 16.8. The molecule has 124 valence electrons. The van der Waals surface area contributed by atoms with E-state index in [1.807, 2.05) is 30.0 Å². The zero-order chi connectivity index (χ0) is 16.2. The maximum atomic E-state index is 12.9. The number of thioether (sulfide) groups is 1. The Kier molecular flexibility index (Phi) is 5.65. The van der Waals surface area contributed by atoms with E-state index in [0.717, 1.165) is 53.0 Å². The molecule has 1 aromatic rings. The number of hydrogen-bond donors (Lipinski definition) is 0. The molecule has 2 fully saturated rings. The number of carbonyl (C=O) groups is 1. The molecule has 3 rings (SSSR count). The minimum absolute atomic E-state index is 0.189.